The third-order valence-electron chi connectivity index (χ3n) is 1.53. The lowest BCUT2D eigenvalue weighted by Crippen LogP contribution is -1.84. The van der Waals surface area contributed by atoms with Gasteiger partial charge in [-0.15, -0.1) is 10.2 Å². The van der Waals surface area contributed by atoms with E-state index < -0.39 is 0 Å². The molecule has 0 radical (unpaired) electrons. The minimum absolute atomic E-state index is 0.569. The van der Waals surface area contributed by atoms with E-state index in [-0.39, 0.29) is 0 Å². The van der Waals surface area contributed by atoms with Gasteiger partial charge in [-0.05, 0) is 49.2 Å². The molecule has 0 spiro atoms. The molecule has 0 atom stereocenters. The summed E-state index contributed by atoms with van der Waals surface area (Å²) < 4.78 is 1.87. The normalized spacial score (nSPS) is 10.3. The number of rotatable bonds is 1. The zero-order valence-corrected chi connectivity index (χ0v) is 9.50. The summed E-state index contributed by atoms with van der Waals surface area (Å²) in [5.41, 5.74) is 0.899. The molecule has 2 rings (SSSR count). The lowest BCUT2D eigenvalue weighted by molar-refractivity contribution is 0.881. The number of hydrogen-bond acceptors (Lipinski definition) is 3. The lowest BCUT2D eigenvalue weighted by Gasteiger charge is -2.00. The molecule has 2 aromatic rings. The van der Waals surface area contributed by atoms with Gasteiger partial charge in [-0.25, -0.2) is 0 Å². The van der Waals surface area contributed by atoms with Crippen LogP contribution in [-0.2, 0) is 0 Å². The molecule has 4 nitrogen and oxygen atoms in total. The number of tetrazole rings is 1. The summed E-state index contributed by atoms with van der Waals surface area (Å²) in [4.78, 5) is 0. The molecular weight excluding hydrogens is 300 g/mol. The first-order chi connectivity index (χ1) is 6.29. The van der Waals surface area contributed by atoms with Gasteiger partial charge in [-0.3, -0.25) is 0 Å². The standard InChI is InChI=1S/C7H4Br2N4/c8-4-2-1-3-5(9)6(4)7-10-12-13-11-7/h1-3H,(H,10,11,12,13). The highest BCUT2D eigenvalue weighted by atomic mass is 79.9. The van der Waals surface area contributed by atoms with Gasteiger partial charge in [0.1, 0.15) is 0 Å². The lowest BCUT2D eigenvalue weighted by atomic mass is 10.2. The van der Waals surface area contributed by atoms with E-state index in [9.17, 15) is 0 Å². The Kier molecular flexibility index (Phi) is 2.41. The van der Waals surface area contributed by atoms with Crippen molar-refractivity contribution in [1.29, 1.82) is 0 Å². The zero-order valence-electron chi connectivity index (χ0n) is 6.33. The summed E-state index contributed by atoms with van der Waals surface area (Å²) in [5, 5.41) is 13.7. The Morgan fingerprint density at radius 3 is 2.38 bits per heavy atom. The number of nitrogens with zero attached hydrogens (tertiary/aromatic N) is 3. The third-order valence-corrected chi connectivity index (χ3v) is 2.85. The summed E-state index contributed by atoms with van der Waals surface area (Å²) in [7, 11) is 0. The van der Waals surface area contributed by atoms with Gasteiger partial charge in [0.25, 0.3) is 0 Å². The fraction of sp³-hybridized carbons (Fsp3) is 0. The molecule has 6 heteroatoms. The first kappa shape index (κ1) is 8.83. The van der Waals surface area contributed by atoms with Crippen LogP contribution < -0.4 is 0 Å². The highest BCUT2D eigenvalue weighted by molar-refractivity contribution is 9.11. The van der Waals surface area contributed by atoms with Crippen molar-refractivity contribution in [2.75, 3.05) is 0 Å². The van der Waals surface area contributed by atoms with Gasteiger partial charge in [0.2, 0.25) is 5.82 Å². The number of aromatic amines is 1. The van der Waals surface area contributed by atoms with E-state index in [1.165, 1.54) is 0 Å². The van der Waals surface area contributed by atoms with Gasteiger partial charge in [0.15, 0.2) is 0 Å². The van der Waals surface area contributed by atoms with Crippen molar-refractivity contribution in [2.45, 2.75) is 0 Å². The highest BCUT2D eigenvalue weighted by Gasteiger charge is 2.10. The Morgan fingerprint density at radius 1 is 1.15 bits per heavy atom. The molecule has 0 amide bonds. The Morgan fingerprint density at radius 2 is 1.85 bits per heavy atom. The molecule has 0 saturated carbocycles. The van der Waals surface area contributed by atoms with Gasteiger partial charge < -0.3 is 0 Å². The molecule has 1 N–H and O–H groups in total. The Labute approximate surface area is 91.0 Å². The van der Waals surface area contributed by atoms with Crippen LogP contribution in [0.25, 0.3) is 11.4 Å². The van der Waals surface area contributed by atoms with Crippen LogP contribution in [0.4, 0.5) is 0 Å². The van der Waals surface area contributed by atoms with E-state index in [2.05, 4.69) is 52.5 Å². The van der Waals surface area contributed by atoms with Crippen LogP contribution in [-0.4, -0.2) is 20.6 Å². The number of aromatic nitrogens is 4. The Balaban J connectivity index is 2.64. The number of benzene rings is 1. The van der Waals surface area contributed by atoms with Gasteiger partial charge in [0.05, 0.1) is 5.56 Å². The molecule has 66 valence electrons. The minimum Gasteiger partial charge on any atom is -0.177 e. The predicted molar refractivity (Wildman–Crippen MR) is 55.0 cm³/mol. The first-order valence-corrected chi connectivity index (χ1v) is 5.05. The van der Waals surface area contributed by atoms with Crippen LogP contribution in [0.15, 0.2) is 27.1 Å². The monoisotopic (exact) mass is 302 g/mol. The molecule has 13 heavy (non-hydrogen) atoms. The third kappa shape index (κ3) is 1.64. The average molecular weight is 304 g/mol. The maximum absolute atomic E-state index is 3.90. The van der Waals surface area contributed by atoms with Crippen LogP contribution >= 0.6 is 31.9 Å². The number of nitrogens with one attached hydrogen (secondary N) is 1. The molecule has 1 heterocycles. The average Bonchev–Trinajstić information content (AvgIpc) is 2.57. The van der Waals surface area contributed by atoms with E-state index in [0.717, 1.165) is 14.5 Å². The quantitative estimate of drug-likeness (QED) is 0.880. The van der Waals surface area contributed by atoms with E-state index in [4.69, 9.17) is 0 Å². The molecule has 0 bridgehead atoms. The molecule has 1 aromatic carbocycles. The van der Waals surface area contributed by atoms with E-state index in [1.807, 2.05) is 18.2 Å². The number of hydrogen-bond donors (Lipinski definition) is 1. The number of halogens is 2. The second-order valence-corrected chi connectivity index (χ2v) is 4.04. The van der Waals surface area contributed by atoms with Crippen molar-refractivity contribution in [1.82, 2.24) is 20.6 Å². The van der Waals surface area contributed by atoms with E-state index >= 15 is 0 Å². The minimum atomic E-state index is 0.569. The fourth-order valence-electron chi connectivity index (χ4n) is 0.979. The largest absolute Gasteiger partial charge is 0.206 e. The van der Waals surface area contributed by atoms with Gasteiger partial charge >= 0.3 is 0 Å². The molecule has 0 aliphatic rings. The first-order valence-electron chi connectivity index (χ1n) is 3.47. The van der Waals surface area contributed by atoms with Crippen molar-refractivity contribution in [3.63, 3.8) is 0 Å². The Hall–Kier alpha value is -0.750. The van der Waals surface area contributed by atoms with Crippen molar-refractivity contribution in [3.05, 3.63) is 27.1 Å². The predicted octanol–water partition coefficient (Wildman–Crippen LogP) is 2.39. The highest BCUT2D eigenvalue weighted by Crippen LogP contribution is 2.31. The second kappa shape index (κ2) is 3.55. The molecule has 0 aliphatic heterocycles. The maximum atomic E-state index is 3.90. The van der Waals surface area contributed by atoms with Crippen LogP contribution in [0.5, 0.6) is 0 Å². The van der Waals surface area contributed by atoms with Gasteiger partial charge in [-0.2, -0.15) is 5.21 Å². The molecule has 0 saturated heterocycles. The summed E-state index contributed by atoms with van der Waals surface area (Å²) in [6, 6.07) is 5.78. The van der Waals surface area contributed by atoms with Gasteiger partial charge in [0, 0.05) is 8.95 Å². The van der Waals surface area contributed by atoms with E-state index in [0.29, 0.717) is 5.82 Å². The van der Waals surface area contributed by atoms with Crippen molar-refractivity contribution < 1.29 is 0 Å². The molecule has 0 aliphatic carbocycles. The van der Waals surface area contributed by atoms with Crippen LogP contribution in [0, 0.1) is 0 Å². The van der Waals surface area contributed by atoms with Crippen molar-refractivity contribution >= 4 is 31.9 Å². The second-order valence-electron chi connectivity index (χ2n) is 2.33. The molecule has 0 fully saturated rings. The smallest absolute Gasteiger partial charge is 0.177 e. The van der Waals surface area contributed by atoms with Crippen molar-refractivity contribution in [3.8, 4) is 11.4 Å². The summed E-state index contributed by atoms with van der Waals surface area (Å²) in [6.07, 6.45) is 0. The topological polar surface area (TPSA) is 54.5 Å². The van der Waals surface area contributed by atoms with E-state index in [1.54, 1.807) is 0 Å². The molecule has 0 unspecified atom stereocenters. The Bertz CT molecular complexity index is 392. The zero-order chi connectivity index (χ0) is 9.26. The van der Waals surface area contributed by atoms with Crippen LogP contribution in [0.3, 0.4) is 0 Å². The van der Waals surface area contributed by atoms with Gasteiger partial charge in [-0.1, -0.05) is 6.07 Å². The summed E-state index contributed by atoms with van der Waals surface area (Å²) in [5.74, 6) is 0.569. The SMILES string of the molecule is Brc1cccc(Br)c1-c1nn[nH]n1. The van der Waals surface area contributed by atoms with Crippen molar-refractivity contribution in [2.24, 2.45) is 0 Å². The summed E-state index contributed by atoms with van der Waals surface area (Å²) >= 11 is 6.83. The maximum Gasteiger partial charge on any atom is 0.206 e. The molecular formula is C7H4Br2N4. The summed E-state index contributed by atoms with van der Waals surface area (Å²) in [6.45, 7) is 0. The van der Waals surface area contributed by atoms with Crippen LogP contribution in [0.1, 0.15) is 0 Å². The molecule has 1 aromatic heterocycles. The fourth-order valence-corrected chi connectivity index (χ4v) is 2.33. The number of H-pyrrole nitrogens is 1. The van der Waals surface area contributed by atoms with Crippen LogP contribution in [0.2, 0.25) is 0 Å².